The molecule has 6 rings (SSSR count). The number of hydrogen-bond donors (Lipinski definition) is 5. The van der Waals surface area contributed by atoms with Crippen LogP contribution in [0.2, 0.25) is 0 Å². The Morgan fingerprint density at radius 1 is 0.549 bits per heavy atom. The highest BCUT2D eigenvalue weighted by atomic mass is 35.5. The molecule has 404 valence electrons. The van der Waals surface area contributed by atoms with Crippen molar-refractivity contribution in [3.05, 3.63) is 58.7 Å². The zero-order valence-corrected chi connectivity index (χ0v) is 44.7. The Morgan fingerprint density at radius 2 is 0.901 bits per heavy atom. The summed E-state index contributed by atoms with van der Waals surface area (Å²) in [7, 11) is -11.2. The van der Waals surface area contributed by atoms with Crippen LogP contribution in [0.25, 0.3) is 0 Å². The van der Waals surface area contributed by atoms with Crippen molar-refractivity contribution in [1.29, 1.82) is 0 Å². The number of carbonyl (C=O) groups is 1. The highest BCUT2D eigenvalue weighted by Crippen LogP contribution is 2.69. The van der Waals surface area contributed by atoms with Gasteiger partial charge in [-0.3, -0.25) is 13.9 Å². The lowest BCUT2D eigenvalue weighted by Gasteiger charge is -2.38. The van der Waals surface area contributed by atoms with Crippen molar-refractivity contribution in [3.8, 4) is 11.5 Å². The average Bonchev–Trinajstić information content (AvgIpc) is 3.34. The Morgan fingerprint density at radius 3 is 1.24 bits per heavy atom. The van der Waals surface area contributed by atoms with Gasteiger partial charge >= 0.3 is 15.2 Å². The first-order chi connectivity index (χ1) is 33.8. The number of rotatable bonds is 24. The van der Waals surface area contributed by atoms with Crippen molar-refractivity contribution >= 4 is 32.0 Å². The molecule has 4 aliphatic carbocycles. The fraction of sp³-hybridized carbons (Fsp3) is 0.759. The number of benzene rings is 2. The van der Waals surface area contributed by atoms with Crippen LogP contribution >= 0.6 is 26.8 Å². The summed E-state index contributed by atoms with van der Waals surface area (Å²) in [5, 5.41) is 5.88. The monoisotopic (exact) mass is 1060 g/mol. The third-order valence-corrected chi connectivity index (χ3v) is 20.8. The van der Waals surface area contributed by atoms with Crippen molar-refractivity contribution in [1.82, 2.24) is 0 Å². The first kappa shape index (κ1) is 59.9. The van der Waals surface area contributed by atoms with Gasteiger partial charge in [0.25, 0.3) is 5.08 Å². The first-order valence-electron chi connectivity index (χ1n) is 27.0. The van der Waals surface area contributed by atoms with Crippen molar-refractivity contribution in [2.45, 2.75) is 211 Å². The van der Waals surface area contributed by atoms with Crippen LogP contribution in [0, 0.1) is 58.8 Å². The molecule has 0 heterocycles. The van der Waals surface area contributed by atoms with E-state index < -0.39 is 74.0 Å². The lowest BCUT2D eigenvalue weighted by molar-refractivity contribution is -0.111. The molecule has 2 aromatic carbocycles. The summed E-state index contributed by atoms with van der Waals surface area (Å²) in [6.07, 6.45) is 28.3. The topological polar surface area (TPSA) is 171 Å². The molecule has 4 aliphatic rings. The fourth-order valence-electron chi connectivity index (χ4n) is 12.4. The number of carbonyl (C=O) groups excluding carboxylic acids is 1. The molecule has 4 saturated carbocycles. The molecule has 0 aromatic heterocycles. The van der Waals surface area contributed by atoms with Crippen LogP contribution < -0.4 is 9.47 Å². The van der Waals surface area contributed by atoms with Crippen LogP contribution in [-0.2, 0) is 13.9 Å². The van der Waals surface area contributed by atoms with Gasteiger partial charge in [0, 0.05) is 12.8 Å². The van der Waals surface area contributed by atoms with E-state index in [1.165, 1.54) is 121 Å². The van der Waals surface area contributed by atoms with Gasteiger partial charge < -0.3 is 34.2 Å². The van der Waals surface area contributed by atoms with E-state index in [4.69, 9.17) is 21.1 Å². The second-order valence-corrected chi connectivity index (χ2v) is 25.9. The summed E-state index contributed by atoms with van der Waals surface area (Å²) in [6.45, 7) is 4.20. The van der Waals surface area contributed by atoms with Crippen LogP contribution in [0.4, 0.5) is 17.6 Å². The summed E-state index contributed by atoms with van der Waals surface area (Å²) in [5.74, 6) is 0.455. The summed E-state index contributed by atoms with van der Waals surface area (Å²) in [5.41, 5.74) is 0.805. The largest absolute Gasteiger partial charge is 0.490 e. The van der Waals surface area contributed by atoms with E-state index in [9.17, 15) is 56.2 Å². The van der Waals surface area contributed by atoms with Gasteiger partial charge in [0.1, 0.15) is 0 Å². The predicted octanol–water partition coefficient (Wildman–Crippen LogP) is 15.3. The normalized spacial score (nSPS) is 25.5. The van der Waals surface area contributed by atoms with E-state index >= 15 is 0 Å². The molecule has 0 aliphatic heterocycles. The quantitative estimate of drug-likeness (QED) is 0.0295. The molecular weight excluding hydrogens is 982 g/mol. The SMILES string of the molecule is CCCCCC1CCC(C2CCC(c3ccc(OCCCC(=O)Cl)c(F)c3F)CC2)CC1.CCCCCC1CCC(C2CCC(c3ccc(OCCCC(O)(P(=O)(O)O)P(=O)(O)O)c(F)c3F)CC2)CC1. The smallest absolute Gasteiger partial charge is 0.369 e. The molecule has 0 radical (unpaired) electrons. The highest BCUT2D eigenvalue weighted by molar-refractivity contribution is 7.72. The zero-order chi connectivity index (χ0) is 51.8. The van der Waals surface area contributed by atoms with E-state index in [1.807, 2.05) is 0 Å². The molecule has 0 atom stereocenters. The van der Waals surface area contributed by atoms with E-state index in [1.54, 1.807) is 6.07 Å². The zero-order valence-electron chi connectivity index (χ0n) is 42.2. The van der Waals surface area contributed by atoms with Crippen LogP contribution in [0.1, 0.15) is 217 Å². The molecule has 10 nitrogen and oxygen atoms in total. The molecule has 2 aromatic rings. The maximum atomic E-state index is 15.0. The minimum Gasteiger partial charge on any atom is -0.490 e. The summed E-state index contributed by atoms with van der Waals surface area (Å²) >= 11 is 5.28. The van der Waals surface area contributed by atoms with Gasteiger partial charge in [0.15, 0.2) is 23.1 Å². The van der Waals surface area contributed by atoms with E-state index in [-0.39, 0.29) is 30.6 Å². The van der Waals surface area contributed by atoms with Gasteiger partial charge in [-0.2, -0.15) is 8.78 Å². The molecule has 4 fully saturated rings. The van der Waals surface area contributed by atoms with Crippen molar-refractivity contribution in [3.63, 3.8) is 0 Å². The van der Waals surface area contributed by atoms with Crippen LogP contribution in [0.5, 0.6) is 11.5 Å². The van der Waals surface area contributed by atoms with E-state index in [0.717, 1.165) is 81.0 Å². The molecule has 0 saturated heterocycles. The van der Waals surface area contributed by atoms with Crippen LogP contribution in [0.15, 0.2) is 24.3 Å². The Labute approximate surface area is 425 Å². The second-order valence-electron chi connectivity index (χ2n) is 21.5. The summed E-state index contributed by atoms with van der Waals surface area (Å²) in [6, 6.07) is 6.02. The maximum absolute atomic E-state index is 15.0. The fourth-order valence-corrected chi connectivity index (χ4v) is 14.7. The second kappa shape index (κ2) is 28.8. The lowest BCUT2D eigenvalue weighted by Crippen LogP contribution is -2.29. The van der Waals surface area contributed by atoms with Gasteiger partial charge in [-0.05, 0) is 172 Å². The summed E-state index contributed by atoms with van der Waals surface area (Å²) in [4.78, 5) is 47.5. The highest BCUT2D eigenvalue weighted by Gasteiger charge is 2.58. The third-order valence-electron chi connectivity index (χ3n) is 16.7. The molecule has 0 amide bonds. The Bertz CT molecular complexity index is 2020. The van der Waals surface area contributed by atoms with Crippen LogP contribution in [0.3, 0.4) is 0 Å². The van der Waals surface area contributed by atoms with E-state index in [2.05, 4.69) is 13.8 Å². The van der Waals surface area contributed by atoms with E-state index in [0.29, 0.717) is 23.5 Å². The molecule has 0 bridgehead atoms. The molecule has 17 heteroatoms. The van der Waals surface area contributed by atoms with Gasteiger partial charge in [0.2, 0.25) is 16.9 Å². The number of aliphatic hydroxyl groups is 1. The number of unbranched alkanes of at least 4 members (excludes halogenated alkanes) is 4. The molecule has 71 heavy (non-hydrogen) atoms. The standard InChI is InChI=1S/C27H39ClF2O2.C27H44F2O8P2/c1-2-3-4-6-19-8-10-20(11-9-19)21-12-14-22(15-13-21)23-16-17-24(27(30)26(23)29)32-18-5-7-25(28)31;1-2-3-4-6-19-7-9-20(10-8-19)21-11-13-22(14-12-21)23-15-16-24(26(29)25(23)28)37-18-5-17-27(30,38(31,32)33)39(34,35)36/h16-17,19-22H,2-15,18H2,1H3;15-16,19-22,30H,2-14,17-18H2,1H3,(H2,31,32,33)(H2,34,35,36). The van der Waals surface area contributed by atoms with Gasteiger partial charge in [0.05, 0.1) is 13.2 Å². The Balaban J connectivity index is 0.000000269. The first-order valence-corrected chi connectivity index (χ1v) is 30.6. The number of halogens is 5. The maximum Gasteiger partial charge on any atom is 0.369 e. The number of ether oxygens (including phenoxy) is 2. The third kappa shape index (κ3) is 17.3. The minimum atomic E-state index is -5.58. The van der Waals surface area contributed by atoms with Crippen molar-refractivity contribution in [2.24, 2.45) is 35.5 Å². The molecule has 0 spiro atoms. The van der Waals surface area contributed by atoms with Gasteiger partial charge in [-0.25, -0.2) is 8.78 Å². The average molecular weight is 1070 g/mol. The van der Waals surface area contributed by atoms with Gasteiger partial charge in [-0.1, -0.05) is 103 Å². The number of hydrogen-bond acceptors (Lipinski definition) is 6. The minimum absolute atomic E-state index is 0.0725. The summed E-state index contributed by atoms with van der Waals surface area (Å²) < 4.78 is 92.4. The van der Waals surface area contributed by atoms with Crippen LogP contribution in [-0.4, -0.2) is 48.2 Å². The van der Waals surface area contributed by atoms with Gasteiger partial charge in [-0.15, -0.1) is 0 Å². The Kier molecular flexibility index (Phi) is 24.2. The molecule has 5 N–H and O–H groups in total. The molecular formula is C54H83ClF4O10P2. The van der Waals surface area contributed by atoms with Crippen molar-refractivity contribution < 1.29 is 65.6 Å². The Hall–Kier alpha value is -2.02. The predicted molar refractivity (Wildman–Crippen MR) is 271 cm³/mol. The lowest BCUT2D eigenvalue weighted by atomic mass is 9.68. The van der Waals surface area contributed by atoms with Crippen molar-refractivity contribution in [2.75, 3.05) is 13.2 Å². The molecule has 0 unspecified atom stereocenters.